The topological polar surface area (TPSA) is 122 Å². The fourth-order valence-corrected chi connectivity index (χ4v) is 6.86. The molecule has 3 aromatic rings. The number of anilines is 1. The molecule has 3 aliphatic rings. The van der Waals surface area contributed by atoms with Crippen LogP contribution in [-0.2, 0) is 19.1 Å². The third-order valence-corrected chi connectivity index (χ3v) is 8.70. The average molecular weight is 572 g/mol. The summed E-state index contributed by atoms with van der Waals surface area (Å²) >= 11 is 5.96. The minimum atomic E-state index is -0.774. The third kappa shape index (κ3) is 4.86. The van der Waals surface area contributed by atoms with Gasteiger partial charge in [-0.25, -0.2) is 4.79 Å². The first kappa shape index (κ1) is 26.7. The molecule has 0 radical (unpaired) electrons. The Bertz CT molecular complexity index is 1540. The average Bonchev–Trinajstić information content (AvgIpc) is 3.66. The van der Waals surface area contributed by atoms with E-state index >= 15 is 0 Å². The second-order valence-corrected chi connectivity index (χ2v) is 11.0. The maximum Gasteiger partial charge on any atom is 0.338 e. The molecular weight excluding hydrogens is 546 g/mol. The molecule has 41 heavy (non-hydrogen) atoms. The number of fused-ring (bicyclic) bond motifs is 5. The molecule has 2 saturated carbocycles. The lowest BCUT2D eigenvalue weighted by molar-refractivity contribution is -0.125. The van der Waals surface area contributed by atoms with Crippen molar-refractivity contribution >= 4 is 46.9 Å². The van der Waals surface area contributed by atoms with Crippen LogP contribution < -0.4 is 15.8 Å². The van der Waals surface area contributed by atoms with Crippen LogP contribution >= 0.6 is 11.6 Å². The van der Waals surface area contributed by atoms with Crippen molar-refractivity contribution < 1.29 is 28.7 Å². The van der Waals surface area contributed by atoms with Gasteiger partial charge >= 0.3 is 5.97 Å². The third-order valence-electron chi connectivity index (χ3n) is 8.37. The van der Waals surface area contributed by atoms with Gasteiger partial charge in [-0.05, 0) is 72.6 Å². The molecule has 6 rings (SSSR count). The van der Waals surface area contributed by atoms with Crippen molar-refractivity contribution in [3.05, 3.63) is 101 Å². The van der Waals surface area contributed by atoms with Crippen LogP contribution in [0.3, 0.4) is 0 Å². The molecule has 2 aliphatic carbocycles. The molecule has 0 unspecified atom stereocenters. The minimum absolute atomic E-state index is 0.142. The van der Waals surface area contributed by atoms with Crippen LogP contribution in [0.5, 0.6) is 0 Å². The number of hydrogen-bond acceptors (Lipinski definition) is 6. The zero-order valence-corrected chi connectivity index (χ0v) is 22.5. The van der Waals surface area contributed by atoms with Crippen LogP contribution in [0.1, 0.15) is 45.0 Å². The van der Waals surface area contributed by atoms with E-state index in [9.17, 15) is 24.0 Å². The predicted molar refractivity (Wildman–Crippen MR) is 149 cm³/mol. The van der Waals surface area contributed by atoms with Gasteiger partial charge < -0.3 is 4.74 Å². The molecule has 4 amide bonds. The zero-order chi connectivity index (χ0) is 28.7. The minimum Gasteiger partial charge on any atom is -0.452 e. The van der Waals surface area contributed by atoms with Crippen LogP contribution in [0.4, 0.5) is 5.69 Å². The molecule has 1 aliphatic heterocycles. The molecular formula is C31H26ClN3O6. The second kappa shape index (κ2) is 10.8. The number of rotatable bonds is 6. The number of nitrogens with zero attached hydrogens (tertiary/aromatic N) is 1. The lowest BCUT2D eigenvalue weighted by atomic mass is 9.73. The van der Waals surface area contributed by atoms with E-state index in [4.69, 9.17) is 16.3 Å². The molecule has 10 heteroatoms. The van der Waals surface area contributed by atoms with Crippen molar-refractivity contribution in [3.8, 4) is 0 Å². The van der Waals surface area contributed by atoms with Gasteiger partial charge in [-0.3, -0.25) is 34.9 Å². The number of carbonyl (C=O) groups excluding carboxylic acids is 5. The van der Waals surface area contributed by atoms with Crippen molar-refractivity contribution in [2.24, 2.45) is 23.7 Å². The normalized spacial score (nSPS) is 24.2. The van der Waals surface area contributed by atoms with Crippen LogP contribution in [0.25, 0.3) is 0 Å². The highest BCUT2D eigenvalue weighted by molar-refractivity contribution is 6.33. The molecule has 2 N–H and O–H groups in total. The first-order valence-electron chi connectivity index (χ1n) is 13.4. The Morgan fingerprint density at radius 3 is 2.24 bits per heavy atom. The van der Waals surface area contributed by atoms with E-state index in [1.165, 1.54) is 46.9 Å². The quantitative estimate of drug-likeness (QED) is 0.263. The van der Waals surface area contributed by atoms with Gasteiger partial charge in [0.05, 0.1) is 33.7 Å². The van der Waals surface area contributed by atoms with Crippen molar-refractivity contribution in [2.45, 2.75) is 18.8 Å². The van der Waals surface area contributed by atoms with Crippen molar-refractivity contribution in [1.82, 2.24) is 10.9 Å². The predicted octanol–water partition coefficient (Wildman–Crippen LogP) is 3.89. The Morgan fingerprint density at radius 2 is 1.51 bits per heavy atom. The number of hydrogen-bond donors (Lipinski definition) is 2. The Morgan fingerprint density at radius 1 is 0.829 bits per heavy atom. The fraction of sp³-hybridized carbons (Fsp3) is 0.258. The first-order valence-corrected chi connectivity index (χ1v) is 13.7. The standard InChI is InChI=1S/C31H26ClN3O6/c32-24-9-5-4-8-21(24)28(37)34-33-25(36)16-41-31(40)18-10-12-20(13-11-18)35-29(38)26-19-14-22(17-6-2-1-3-7-17)23(15-19)27(26)30(35)39/h1-13,19,22-23,26-27H,14-16H2,(H,33,36)(H,34,37)/t19-,22+,23+,26+,27-/m0/s1. The molecule has 208 valence electrons. The number of carbonyl (C=O) groups is 5. The van der Waals surface area contributed by atoms with Gasteiger partial charge in [0.15, 0.2) is 6.61 Å². The highest BCUT2D eigenvalue weighted by Crippen LogP contribution is 2.61. The smallest absolute Gasteiger partial charge is 0.338 e. The molecule has 3 fully saturated rings. The van der Waals surface area contributed by atoms with Gasteiger partial charge in [-0.15, -0.1) is 0 Å². The van der Waals surface area contributed by atoms with E-state index in [0.29, 0.717) is 5.69 Å². The summed E-state index contributed by atoms with van der Waals surface area (Å²) in [6, 6.07) is 22.5. The Labute approximate surface area is 240 Å². The summed E-state index contributed by atoms with van der Waals surface area (Å²) in [4.78, 5) is 64.8. The summed E-state index contributed by atoms with van der Waals surface area (Å²) < 4.78 is 5.03. The van der Waals surface area contributed by atoms with Gasteiger partial charge in [0.1, 0.15) is 0 Å². The molecule has 0 spiro atoms. The van der Waals surface area contributed by atoms with E-state index in [2.05, 4.69) is 23.0 Å². The number of benzene rings is 3. The highest BCUT2D eigenvalue weighted by Gasteiger charge is 2.64. The zero-order valence-electron chi connectivity index (χ0n) is 21.8. The number of nitrogens with one attached hydrogen (secondary N) is 2. The van der Waals surface area contributed by atoms with Gasteiger partial charge in [0, 0.05) is 0 Å². The number of hydrazine groups is 1. The monoisotopic (exact) mass is 571 g/mol. The second-order valence-electron chi connectivity index (χ2n) is 10.6. The Balaban J connectivity index is 1.05. The fourth-order valence-electron chi connectivity index (χ4n) is 6.63. The van der Waals surface area contributed by atoms with E-state index in [-0.39, 0.29) is 57.6 Å². The number of ether oxygens (including phenoxy) is 1. The molecule has 5 atom stereocenters. The van der Waals surface area contributed by atoms with E-state index in [1.807, 2.05) is 18.2 Å². The molecule has 9 nitrogen and oxygen atoms in total. The highest BCUT2D eigenvalue weighted by atomic mass is 35.5. The van der Waals surface area contributed by atoms with E-state index < -0.39 is 24.4 Å². The molecule has 1 saturated heterocycles. The van der Waals surface area contributed by atoms with Crippen LogP contribution in [0.15, 0.2) is 78.9 Å². The summed E-state index contributed by atoms with van der Waals surface area (Å²) in [6.45, 7) is -0.638. The lowest BCUT2D eigenvalue weighted by Gasteiger charge is -2.28. The van der Waals surface area contributed by atoms with Gasteiger partial charge in [-0.1, -0.05) is 54.1 Å². The number of esters is 1. The maximum atomic E-state index is 13.5. The number of halogens is 1. The molecule has 0 aromatic heterocycles. The summed E-state index contributed by atoms with van der Waals surface area (Å²) in [5.41, 5.74) is 6.31. The van der Waals surface area contributed by atoms with Crippen LogP contribution in [-0.4, -0.2) is 36.2 Å². The summed E-state index contributed by atoms with van der Waals surface area (Å²) in [6.07, 6.45) is 1.80. The maximum absolute atomic E-state index is 13.5. The molecule has 1 heterocycles. The van der Waals surface area contributed by atoms with Gasteiger partial charge in [0.2, 0.25) is 11.8 Å². The van der Waals surface area contributed by atoms with E-state index in [1.54, 1.807) is 12.1 Å². The largest absolute Gasteiger partial charge is 0.452 e. The van der Waals surface area contributed by atoms with Crippen molar-refractivity contribution in [1.29, 1.82) is 0 Å². The van der Waals surface area contributed by atoms with Crippen LogP contribution in [0, 0.1) is 23.7 Å². The Kier molecular flexibility index (Phi) is 7.05. The lowest BCUT2D eigenvalue weighted by Crippen LogP contribution is -2.43. The van der Waals surface area contributed by atoms with Gasteiger partial charge in [0.25, 0.3) is 11.8 Å². The first-order chi connectivity index (χ1) is 19.8. The van der Waals surface area contributed by atoms with Crippen molar-refractivity contribution in [3.63, 3.8) is 0 Å². The number of imide groups is 1. The summed E-state index contributed by atoms with van der Waals surface area (Å²) in [7, 11) is 0. The van der Waals surface area contributed by atoms with Gasteiger partial charge in [-0.2, -0.15) is 0 Å². The SMILES string of the molecule is O=C(COC(=O)c1ccc(N2C(=O)[C@@H]3[C@@H]4C[C@@H]([C@@H]3C2=O)[C@@H](c2ccccc2)C4)cc1)NNC(=O)c1ccccc1Cl. The summed E-state index contributed by atoms with van der Waals surface area (Å²) in [5.74, 6) is -2.52. The summed E-state index contributed by atoms with van der Waals surface area (Å²) in [5, 5.41) is 0.221. The number of amides is 4. The molecule has 2 bridgehead atoms. The Hall–Kier alpha value is -4.50. The van der Waals surface area contributed by atoms with E-state index in [0.717, 1.165) is 12.8 Å². The van der Waals surface area contributed by atoms with Crippen LogP contribution in [0.2, 0.25) is 5.02 Å². The van der Waals surface area contributed by atoms with Crippen molar-refractivity contribution in [2.75, 3.05) is 11.5 Å². The molecule has 3 aromatic carbocycles.